The zero-order valence-corrected chi connectivity index (χ0v) is 10.1. The van der Waals surface area contributed by atoms with Gasteiger partial charge in [0.25, 0.3) is 0 Å². The van der Waals surface area contributed by atoms with Gasteiger partial charge in [-0.15, -0.1) is 0 Å². The van der Waals surface area contributed by atoms with E-state index in [0.29, 0.717) is 0 Å². The molecule has 1 rings (SSSR count). The molecule has 0 aromatic carbocycles. The average Bonchev–Trinajstić information content (AvgIpc) is 2.42. The van der Waals surface area contributed by atoms with Crippen molar-refractivity contribution in [2.45, 2.75) is 38.9 Å². The van der Waals surface area contributed by atoms with Crippen molar-refractivity contribution in [2.24, 2.45) is 0 Å². The highest BCUT2D eigenvalue weighted by Crippen LogP contribution is 2.06. The van der Waals surface area contributed by atoms with Gasteiger partial charge in [-0.2, -0.15) is 0 Å². The predicted octanol–water partition coefficient (Wildman–Crippen LogP) is 0.335. The van der Waals surface area contributed by atoms with Gasteiger partial charge in [-0.3, -0.25) is 4.79 Å². The molecule has 1 aliphatic heterocycles. The summed E-state index contributed by atoms with van der Waals surface area (Å²) in [5.41, 5.74) is -0.398. The number of carbonyl (C=O) groups excluding carboxylic acids is 3. The molecule has 0 radical (unpaired) electrons. The lowest BCUT2D eigenvalue weighted by molar-refractivity contribution is -0.154. The van der Waals surface area contributed by atoms with Crippen LogP contribution >= 0.6 is 0 Å². The van der Waals surface area contributed by atoms with Crippen LogP contribution in [0.1, 0.15) is 27.2 Å². The van der Waals surface area contributed by atoms with Crippen molar-refractivity contribution in [3.8, 4) is 0 Å². The lowest BCUT2D eigenvalue weighted by Crippen LogP contribution is -2.22. The van der Waals surface area contributed by atoms with Crippen LogP contribution in [0.3, 0.4) is 0 Å². The zero-order chi connectivity index (χ0) is 13.6. The van der Waals surface area contributed by atoms with Crippen LogP contribution in [0.5, 0.6) is 0 Å². The molecule has 96 valence electrons. The summed E-state index contributed by atoms with van der Waals surface area (Å²) in [5.74, 6) is -1.86. The Hall–Kier alpha value is -1.69. The molecule has 0 amide bonds. The fourth-order valence-corrected chi connectivity index (χ4v) is 0.807. The van der Waals surface area contributed by atoms with Crippen molar-refractivity contribution in [1.29, 1.82) is 0 Å². The van der Waals surface area contributed by atoms with Gasteiger partial charge in [0.15, 0.2) is 6.10 Å². The molecule has 1 unspecified atom stereocenters. The van der Waals surface area contributed by atoms with E-state index in [-0.39, 0.29) is 12.4 Å². The Labute approximate surface area is 99.2 Å². The van der Waals surface area contributed by atoms with Gasteiger partial charge in [-0.05, 0) is 20.8 Å². The smallest absolute Gasteiger partial charge is 0.343 e. The molecule has 1 aliphatic rings. The molecule has 6 nitrogen and oxygen atoms in total. The average molecular weight is 244 g/mol. The molecular formula is C11H16O6. The minimum atomic E-state index is -1.22. The molecule has 0 bridgehead atoms. The fourth-order valence-electron chi connectivity index (χ4n) is 0.807. The van der Waals surface area contributed by atoms with E-state index < -0.39 is 23.6 Å². The molecule has 0 aromatic rings. The number of aliphatic hydroxyl groups excluding tert-OH is 1. The number of hydrogen-bond donors (Lipinski definition) is 1. The Morgan fingerprint density at radius 1 is 1.53 bits per heavy atom. The van der Waals surface area contributed by atoms with Gasteiger partial charge in [-0.1, -0.05) is 6.58 Å². The number of cyclic esters (lactones) is 2. The quantitative estimate of drug-likeness (QED) is 0.406. The first-order valence-electron chi connectivity index (χ1n) is 4.93. The minimum Gasteiger partial charge on any atom is -0.457 e. The number of aliphatic hydroxyl groups is 1. The SMILES string of the molecule is C=CC(=O)OC(C)(C)C.O=C1CC(O)C(=O)O1. The number of rotatable bonds is 1. The van der Waals surface area contributed by atoms with E-state index >= 15 is 0 Å². The first-order valence-corrected chi connectivity index (χ1v) is 4.93. The molecule has 1 atom stereocenters. The monoisotopic (exact) mass is 244 g/mol. The normalized spacial score (nSPS) is 18.9. The van der Waals surface area contributed by atoms with Gasteiger partial charge in [0.2, 0.25) is 0 Å². The minimum absolute atomic E-state index is 0.196. The van der Waals surface area contributed by atoms with Gasteiger partial charge in [0.05, 0.1) is 6.42 Å². The van der Waals surface area contributed by atoms with Gasteiger partial charge in [-0.25, -0.2) is 9.59 Å². The molecule has 6 heteroatoms. The molecular weight excluding hydrogens is 228 g/mol. The van der Waals surface area contributed by atoms with E-state index in [1.165, 1.54) is 0 Å². The Bertz CT molecular complexity index is 325. The second kappa shape index (κ2) is 6.15. The van der Waals surface area contributed by atoms with Crippen LogP contribution in [-0.2, 0) is 23.9 Å². The summed E-state index contributed by atoms with van der Waals surface area (Å²) < 4.78 is 8.78. The summed E-state index contributed by atoms with van der Waals surface area (Å²) in [5, 5.41) is 8.47. The number of esters is 3. The largest absolute Gasteiger partial charge is 0.457 e. The van der Waals surface area contributed by atoms with Gasteiger partial charge >= 0.3 is 17.9 Å². The van der Waals surface area contributed by atoms with Crippen LogP contribution < -0.4 is 0 Å². The van der Waals surface area contributed by atoms with Crippen molar-refractivity contribution in [3.63, 3.8) is 0 Å². The third kappa shape index (κ3) is 7.24. The van der Waals surface area contributed by atoms with Crippen LogP contribution in [-0.4, -0.2) is 34.7 Å². The fraction of sp³-hybridized carbons (Fsp3) is 0.545. The summed E-state index contributed by atoms with van der Waals surface area (Å²) in [6, 6.07) is 0. The molecule has 0 saturated carbocycles. The van der Waals surface area contributed by atoms with E-state index in [4.69, 9.17) is 9.84 Å². The third-order valence-corrected chi connectivity index (χ3v) is 1.42. The highest BCUT2D eigenvalue weighted by molar-refractivity contribution is 5.95. The lowest BCUT2D eigenvalue weighted by atomic mass is 10.2. The second-order valence-corrected chi connectivity index (χ2v) is 4.25. The van der Waals surface area contributed by atoms with Gasteiger partial charge < -0.3 is 14.6 Å². The van der Waals surface area contributed by atoms with Crippen molar-refractivity contribution in [2.75, 3.05) is 0 Å². The van der Waals surface area contributed by atoms with E-state index in [2.05, 4.69) is 11.3 Å². The van der Waals surface area contributed by atoms with Crippen molar-refractivity contribution >= 4 is 17.9 Å². The van der Waals surface area contributed by atoms with Crippen LogP contribution in [0.4, 0.5) is 0 Å². The molecule has 0 aromatic heterocycles. The van der Waals surface area contributed by atoms with Crippen LogP contribution in [0.25, 0.3) is 0 Å². The number of ether oxygens (including phenoxy) is 2. The van der Waals surface area contributed by atoms with E-state index in [1.54, 1.807) is 0 Å². The molecule has 1 saturated heterocycles. The van der Waals surface area contributed by atoms with Gasteiger partial charge in [0, 0.05) is 6.08 Å². The predicted molar refractivity (Wildman–Crippen MR) is 57.8 cm³/mol. The first-order chi connectivity index (χ1) is 7.65. The Morgan fingerprint density at radius 3 is 2.18 bits per heavy atom. The Kier molecular flexibility index (Phi) is 5.53. The number of hydrogen-bond acceptors (Lipinski definition) is 6. The standard InChI is InChI=1S/C7H12O2.C4H4O4/c1-5-6(8)9-7(2,3)4;5-2-1-3(6)8-4(2)7/h5H,1H2,2-4H3;2,5H,1H2. The van der Waals surface area contributed by atoms with Crippen molar-refractivity contribution < 1.29 is 29.0 Å². The maximum absolute atomic E-state index is 10.5. The first kappa shape index (κ1) is 15.3. The van der Waals surface area contributed by atoms with E-state index in [1.807, 2.05) is 20.8 Å². The molecule has 0 aliphatic carbocycles. The Morgan fingerprint density at radius 2 is 2.06 bits per heavy atom. The summed E-state index contributed by atoms with van der Waals surface area (Å²) in [6.45, 7) is 8.71. The van der Waals surface area contributed by atoms with Gasteiger partial charge in [0.1, 0.15) is 5.60 Å². The molecule has 1 heterocycles. The topological polar surface area (TPSA) is 89.9 Å². The number of carbonyl (C=O) groups is 3. The molecule has 1 N–H and O–H groups in total. The zero-order valence-electron chi connectivity index (χ0n) is 10.1. The highest BCUT2D eigenvalue weighted by Gasteiger charge is 2.30. The lowest BCUT2D eigenvalue weighted by Gasteiger charge is -2.17. The highest BCUT2D eigenvalue weighted by atomic mass is 16.6. The van der Waals surface area contributed by atoms with E-state index in [9.17, 15) is 14.4 Å². The molecule has 17 heavy (non-hydrogen) atoms. The van der Waals surface area contributed by atoms with Crippen molar-refractivity contribution in [1.82, 2.24) is 0 Å². The summed E-state index contributed by atoms with van der Waals surface area (Å²) in [4.78, 5) is 30.6. The van der Waals surface area contributed by atoms with Crippen molar-refractivity contribution in [3.05, 3.63) is 12.7 Å². The maximum Gasteiger partial charge on any atom is 0.343 e. The van der Waals surface area contributed by atoms with Crippen LogP contribution in [0.15, 0.2) is 12.7 Å². The summed E-state index contributed by atoms with van der Waals surface area (Å²) in [6.07, 6.45) is -0.258. The molecule has 0 spiro atoms. The van der Waals surface area contributed by atoms with Crippen LogP contribution in [0.2, 0.25) is 0 Å². The van der Waals surface area contributed by atoms with E-state index in [0.717, 1.165) is 6.08 Å². The summed E-state index contributed by atoms with van der Waals surface area (Å²) in [7, 11) is 0. The molecule has 1 fully saturated rings. The Balaban J connectivity index is 0.000000302. The van der Waals surface area contributed by atoms with Crippen LogP contribution in [0, 0.1) is 0 Å². The maximum atomic E-state index is 10.5. The third-order valence-electron chi connectivity index (χ3n) is 1.42. The second-order valence-electron chi connectivity index (χ2n) is 4.25. The summed E-state index contributed by atoms with van der Waals surface area (Å²) >= 11 is 0.